The van der Waals surface area contributed by atoms with Gasteiger partial charge in [-0.3, -0.25) is 4.79 Å². The molecule has 0 saturated carbocycles. The standard InChI is InChI=1S/C20H17ClFN3O3/c1-25(2)16-6-3-13(4-7-16)9-14(11-23)20(27)28-12-19(26)24-18-8-5-15(22)10-17(18)21/h3-10H,12H2,1-2H3,(H,24,26)/b14-9+. The lowest BCUT2D eigenvalue weighted by Crippen LogP contribution is -2.21. The van der Waals surface area contributed by atoms with Crippen LogP contribution in [0.5, 0.6) is 0 Å². The van der Waals surface area contributed by atoms with E-state index in [1.807, 2.05) is 31.1 Å². The highest BCUT2D eigenvalue weighted by atomic mass is 35.5. The predicted octanol–water partition coefficient (Wildman–Crippen LogP) is 3.63. The van der Waals surface area contributed by atoms with Crippen molar-refractivity contribution in [2.75, 3.05) is 30.9 Å². The molecular formula is C20H17ClFN3O3. The third-order valence-corrected chi connectivity index (χ3v) is 3.91. The van der Waals surface area contributed by atoms with E-state index in [1.165, 1.54) is 12.1 Å². The molecule has 144 valence electrons. The molecule has 6 nitrogen and oxygen atoms in total. The number of ether oxygens (including phenoxy) is 1. The van der Waals surface area contributed by atoms with Crippen LogP contribution < -0.4 is 10.2 Å². The molecule has 0 unspecified atom stereocenters. The number of rotatable bonds is 6. The van der Waals surface area contributed by atoms with Gasteiger partial charge in [0.15, 0.2) is 6.61 Å². The van der Waals surface area contributed by atoms with Gasteiger partial charge < -0.3 is 15.0 Å². The van der Waals surface area contributed by atoms with Gasteiger partial charge in [-0.2, -0.15) is 5.26 Å². The normalized spacial score (nSPS) is 10.8. The Kier molecular flexibility index (Phi) is 7.13. The number of hydrogen-bond acceptors (Lipinski definition) is 5. The number of amides is 1. The van der Waals surface area contributed by atoms with Gasteiger partial charge in [0.2, 0.25) is 0 Å². The number of anilines is 2. The van der Waals surface area contributed by atoms with E-state index < -0.39 is 24.3 Å². The molecule has 0 aliphatic rings. The van der Waals surface area contributed by atoms with E-state index in [1.54, 1.807) is 18.2 Å². The largest absolute Gasteiger partial charge is 0.451 e. The highest BCUT2D eigenvalue weighted by Crippen LogP contribution is 2.22. The maximum absolute atomic E-state index is 13.0. The molecule has 0 aromatic heterocycles. The maximum Gasteiger partial charge on any atom is 0.349 e. The molecular weight excluding hydrogens is 385 g/mol. The van der Waals surface area contributed by atoms with Gasteiger partial charge in [0.05, 0.1) is 10.7 Å². The lowest BCUT2D eigenvalue weighted by atomic mass is 10.1. The Hall–Kier alpha value is -3.37. The van der Waals surface area contributed by atoms with Crippen molar-refractivity contribution in [3.05, 3.63) is 64.4 Å². The topological polar surface area (TPSA) is 82.4 Å². The molecule has 0 aliphatic carbocycles. The van der Waals surface area contributed by atoms with Crippen molar-refractivity contribution in [2.24, 2.45) is 0 Å². The first-order chi connectivity index (χ1) is 13.3. The summed E-state index contributed by atoms with van der Waals surface area (Å²) in [5.74, 6) is -2.15. The Morgan fingerprint density at radius 3 is 2.50 bits per heavy atom. The Labute approximate surface area is 166 Å². The summed E-state index contributed by atoms with van der Waals surface area (Å²) in [4.78, 5) is 25.8. The fraction of sp³-hybridized carbons (Fsp3) is 0.150. The first-order valence-corrected chi connectivity index (χ1v) is 8.49. The van der Waals surface area contributed by atoms with Crippen molar-refractivity contribution >= 4 is 40.9 Å². The van der Waals surface area contributed by atoms with E-state index in [9.17, 15) is 19.2 Å². The Morgan fingerprint density at radius 1 is 1.25 bits per heavy atom. The number of hydrogen-bond donors (Lipinski definition) is 1. The molecule has 0 heterocycles. The Morgan fingerprint density at radius 2 is 1.93 bits per heavy atom. The molecule has 1 amide bonds. The predicted molar refractivity (Wildman–Crippen MR) is 105 cm³/mol. The number of esters is 1. The van der Waals surface area contributed by atoms with Gasteiger partial charge in [-0.05, 0) is 42.0 Å². The molecule has 2 rings (SSSR count). The lowest BCUT2D eigenvalue weighted by Gasteiger charge is -2.11. The number of nitrogens with zero attached hydrogens (tertiary/aromatic N) is 2. The quantitative estimate of drug-likeness (QED) is 0.454. The monoisotopic (exact) mass is 401 g/mol. The summed E-state index contributed by atoms with van der Waals surface area (Å²) < 4.78 is 17.9. The van der Waals surface area contributed by atoms with Gasteiger partial charge in [0.25, 0.3) is 5.91 Å². The number of nitrogens with one attached hydrogen (secondary N) is 1. The minimum Gasteiger partial charge on any atom is -0.451 e. The van der Waals surface area contributed by atoms with Crippen LogP contribution in [-0.4, -0.2) is 32.6 Å². The molecule has 0 spiro atoms. The summed E-state index contributed by atoms with van der Waals surface area (Å²) in [6.45, 7) is -0.620. The van der Waals surface area contributed by atoms with Gasteiger partial charge in [-0.15, -0.1) is 0 Å². The summed E-state index contributed by atoms with van der Waals surface area (Å²) in [6, 6.07) is 12.4. The second-order valence-corrected chi connectivity index (χ2v) is 6.31. The molecule has 2 aromatic rings. The third kappa shape index (κ3) is 5.83. The zero-order valence-corrected chi connectivity index (χ0v) is 16.0. The lowest BCUT2D eigenvalue weighted by molar-refractivity contribution is -0.142. The molecule has 8 heteroatoms. The van der Waals surface area contributed by atoms with E-state index in [4.69, 9.17) is 16.3 Å². The summed E-state index contributed by atoms with van der Waals surface area (Å²) in [5, 5.41) is 11.6. The average Bonchev–Trinajstić information content (AvgIpc) is 2.66. The van der Waals surface area contributed by atoms with E-state index >= 15 is 0 Å². The zero-order chi connectivity index (χ0) is 20.7. The Bertz CT molecular complexity index is 950. The minimum absolute atomic E-state index is 0.0125. The van der Waals surface area contributed by atoms with Crippen molar-refractivity contribution in [2.45, 2.75) is 0 Å². The molecule has 0 bridgehead atoms. The van der Waals surface area contributed by atoms with Crippen LogP contribution in [0.25, 0.3) is 6.08 Å². The van der Waals surface area contributed by atoms with Crippen LogP contribution in [0, 0.1) is 17.1 Å². The Balaban J connectivity index is 1.97. The van der Waals surface area contributed by atoms with Crippen molar-refractivity contribution in [3.8, 4) is 6.07 Å². The third-order valence-electron chi connectivity index (χ3n) is 3.60. The van der Waals surface area contributed by atoms with Crippen LogP contribution in [0.4, 0.5) is 15.8 Å². The smallest absolute Gasteiger partial charge is 0.349 e. The van der Waals surface area contributed by atoms with Crippen LogP contribution in [-0.2, 0) is 14.3 Å². The second-order valence-electron chi connectivity index (χ2n) is 5.90. The van der Waals surface area contributed by atoms with Gasteiger partial charge >= 0.3 is 5.97 Å². The van der Waals surface area contributed by atoms with Crippen LogP contribution >= 0.6 is 11.6 Å². The van der Waals surface area contributed by atoms with Crippen LogP contribution in [0.2, 0.25) is 5.02 Å². The SMILES string of the molecule is CN(C)c1ccc(/C=C(\C#N)C(=O)OCC(=O)Nc2ccc(F)cc2Cl)cc1. The van der Waals surface area contributed by atoms with Crippen molar-refractivity contribution < 1.29 is 18.7 Å². The first-order valence-electron chi connectivity index (χ1n) is 8.11. The van der Waals surface area contributed by atoms with Gasteiger partial charge in [-0.25, -0.2) is 9.18 Å². The molecule has 2 aromatic carbocycles. The van der Waals surface area contributed by atoms with E-state index in [-0.39, 0.29) is 16.3 Å². The highest BCUT2D eigenvalue weighted by Gasteiger charge is 2.14. The van der Waals surface area contributed by atoms with Gasteiger partial charge in [-0.1, -0.05) is 23.7 Å². The van der Waals surface area contributed by atoms with Gasteiger partial charge in [0.1, 0.15) is 17.5 Å². The van der Waals surface area contributed by atoms with Crippen LogP contribution in [0.3, 0.4) is 0 Å². The average molecular weight is 402 g/mol. The van der Waals surface area contributed by atoms with Crippen molar-refractivity contribution in [1.29, 1.82) is 5.26 Å². The van der Waals surface area contributed by atoms with Crippen LogP contribution in [0.1, 0.15) is 5.56 Å². The molecule has 0 atom stereocenters. The molecule has 0 saturated heterocycles. The van der Waals surface area contributed by atoms with Gasteiger partial charge in [0, 0.05) is 19.8 Å². The number of nitriles is 1. The first kappa shape index (κ1) is 20.9. The summed E-state index contributed by atoms with van der Waals surface area (Å²) in [5.41, 5.74) is 1.54. The van der Waals surface area contributed by atoms with E-state index in [0.29, 0.717) is 5.56 Å². The molecule has 0 aliphatic heterocycles. The number of halogens is 2. The molecule has 1 N–H and O–H groups in total. The fourth-order valence-electron chi connectivity index (χ4n) is 2.16. The van der Waals surface area contributed by atoms with Crippen LogP contribution in [0.15, 0.2) is 48.0 Å². The second kappa shape index (κ2) is 9.53. The fourth-order valence-corrected chi connectivity index (χ4v) is 2.37. The number of carbonyl (C=O) groups excluding carboxylic acids is 2. The molecule has 0 fully saturated rings. The summed E-state index contributed by atoms with van der Waals surface area (Å²) in [6.07, 6.45) is 1.37. The van der Waals surface area contributed by atoms with Crippen molar-refractivity contribution in [1.82, 2.24) is 0 Å². The van der Waals surface area contributed by atoms with E-state index in [2.05, 4.69) is 5.32 Å². The number of carbonyl (C=O) groups is 2. The minimum atomic E-state index is -0.931. The highest BCUT2D eigenvalue weighted by molar-refractivity contribution is 6.33. The maximum atomic E-state index is 13.0. The molecule has 0 radical (unpaired) electrons. The zero-order valence-electron chi connectivity index (χ0n) is 15.2. The molecule has 28 heavy (non-hydrogen) atoms. The van der Waals surface area contributed by atoms with Crippen molar-refractivity contribution in [3.63, 3.8) is 0 Å². The van der Waals surface area contributed by atoms with E-state index in [0.717, 1.165) is 17.8 Å². The summed E-state index contributed by atoms with van der Waals surface area (Å²) in [7, 11) is 3.79. The summed E-state index contributed by atoms with van der Waals surface area (Å²) >= 11 is 5.81. The number of benzene rings is 2.